The van der Waals surface area contributed by atoms with Crippen LogP contribution in [0.25, 0.3) is 0 Å². The second kappa shape index (κ2) is 10.1. The molecule has 154 valence electrons. The molecule has 0 radical (unpaired) electrons. The second-order valence-electron chi connectivity index (χ2n) is 7.79. The molecule has 2 amide bonds. The molecule has 1 fully saturated rings. The first kappa shape index (κ1) is 20.9. The largest absolute Gasteiger partial charge is 0.478 e. The van der Waals surface area contributed by atoms with E-state index < -0.39 is 5.97 Å². The predicted octanol–water partition coefficient (Wildman–Crippen LogP) is 3.62. The molecule has 0 aliphatic carbocycles. The number of benzene rings is 2. The fourth-order valence-electron chi connectivity index (χ4n) is 3.74. The molecule has 6 nitrogen and oxygen atoms in total. The maximum absolute atomic E-state index is 12.2. The number of hydrogen-bond acceptors (Lipinski definition) is 3. The van der Waals surface area contributed by atoms with Crippen molar-refractivity contribution in [3.05, 3.63) is 70.8 Å². The van der Waals surface area contributed by atoms with Gasteiger partial charge in [0.05, 0.1) is 5.56 Å². The Morgan fingerprint density at radius 2 is 1.72 bits per heavy atom. The zero-order valence-corrected chi connectivity index (χ0v) is 16.9. The van der Waals surface area contributed by atoms with E-state index in [0.717, 1.165) is 36.7 Å². The Morgan fingerprint density at radius 3 is 2.41 bits per heavy atom. The Bertz CT molecular complexity index is 836. The number of nitrogens with one attached hydrogen (secondary N) is 2. The number of carbonyl (C=O) groups excluding carboxylic acids is 1. The Hall–Kier alpha value is -2.86. The van der Waals surface area contributed by atoms with Crippen LogP contribution in [0.5, 0.6) is 0 Å². The molecule has 29 heavy (non-hydrogen) atoms. The van der Waals surface area contributed by atoms with Gasteiger partial charge in [-0.1, -0.05) is 43.3 Å². The van der Waals surface area contributed by atoms with E-state index in [1.807, 2.05) is 12.1 Å². The molecule has 2 aromatic rings. The minimum absolute atomic E-state index is 0.234. The number of carbonyl (C=O) groups is 2. The van der Waals surface area contributed by atoms with Crippen molar-refractivity contribution in [2.45, 2.75) is 39.4 Å². The summed E-state index contributed by atoms with van der Waals surface area (Å²) in [4.78, 5) is 25.6. The van der Waals surface area contributed by atoms with Gasteiger partial charge >= 0.3 is 12.0 Å². The molecule has 1 heterocycles. The Labute approximate surface area is 171 Å². The molecule has 2 aromatic carbocycles. The fraction of sp³-hybridized carbons (Fsp3) is 0.391. The van der Waals surface area contributed by atoms with Gasteiger partial charge in [0.25, 0.3) is 0 Å². The van der Waals surface area contributed by atoms with Crippen LogP contribution in [0.15, 0.2) is 48.5 Å². The summed E-state index contributed by atoms with van der Waals surface area (Å²) in [6.45, 7) is 6.30. The summed E-state index contributed by atoms with van der Waals surface area (Å²) in [5.74, 6) is -0.218. The van der Waals surface area contributed by atoms with Crippen molar-refractivity contribution < 1.29 is 14.7 Å². The molecular weight excluding hydrogens is 366 g/mol. The van der Waals surface area contributed by atoms with Crippen molar-refractivity contribution in [2.24, 2.45) is 5.92 Å². The minimum atomic E-state index is -0.958. The quantitative estimate of drug-likeness (QED) is 0.669. The van der Waals surface area contributed by atoms with Gasteiger partial charge in [0.2, 0.25) is 0 Å². The summed E-state index contributed by atoms with van der Waals surface area (Å²) in [5, 5.41) is 14.7. The Balaban J connectivity index is 1.49. The molecule has 1 saturated heterocycles. The average Bonchev–Trinajstić information content (AvgIpc) is 2.72. The van der Waals surface area contributed by atoms with E-state index in [9.17, 15) is 9.59 Å². The van der Waals surface area contributed by atoms with Crippen molar-refractivity contribution in [3.8, 4) is 0 Å². The molecule has 0 saturated carbocycles. The molecule has 3 N–H and O–H groups in total. The first-order valence-electron chi connectivity index (χ1n) is 10.1. The molecule has 0 spiro atoms. The summed E-state index contributed by atoms with van der Waals surface area (Å²) >= 11 is 0. The van der Waals surface area contributed by atoms with Gasteiger partial charge in [-0.3, -0.25) is 4.90 Å². The molecule has 1 unspecified atom stereocenters. The molecule has 6 heteroatoms. The first-order chi connectivity index (χ1) is 14.0. The standard InChI is InChI=1S/C23H29N3O3/c1-17-5-4-12-26(15-17)16-21-7-3-2-6-20(21)14-25-23(29)24-13-18-8-10-19(11-9-18)22(27)28/h2-3,6-11,17H,4-5,12-16H2,1H3,(H,27,28)(H2,24,25,29). The third kappa shape index (κ3) is 6.32. The van der Waals surface area contributed by atoms with Crippen LogP contribution in [0, 0.1) is 5.92 Å². The van der Waals surface area contributed by atoms with Crippen LogP contribution < -0.4 is 10.6 Å². The lowest BCUT2D eigenvalue weighted by Gasteiger charge is -2.31. The number of likely N-dealkylation sites (tertiary alicyclic amines) is 1. The lowest BCUT2D eigenvalue weighted by atomic mass is 9.99. The van der Waals surface area contributed by atoms with E-state index >= 15 is 0 Å². The maximum Gasteiger partial charge on any atom is 0.335 e. The molecule has 1 atom stereocenters. The van der Waals surface area contributed by atoms with E-state index in [2.05, 4.69) is 34.6 Å². The SMILES string of the molecule is CC1CCCN(Cc2ccccc2CNC(=O)NCc2ccc(C(=O)O)cc2)C1. The third-order valence-electron chi connectivity index (χ3n) is 5.35. The lowest BCUT2D eigenvalue weighted by molar-refractivity contribution is 0.0697. The summed E-state index contributed by atoms with van der Waals surface area (Å²) in [6, 6.07) is 14.5. The van der Waals surface area contributed by atoms with Crippen molar-refractivity contribution in [1.29, 1.82) is 0 Å². The average molecular weight is 396 g/mol. The second-order valence-corrected chi connectivity index (χ2v) is 7.79. The first-order valence-corrected chi connectivity index (χ1v) is 10.1. The molecule has 0 bridgehead atoms. The van der Waals surface area contributed by atoms with Gasteiger partial charge in [-0.2, -0.15) is 0 Å². The summed E-state index contributed by atoms with van der Waals surface area (Å²) < 4.78 is 0. The van der Waals surface area contributed by atoms with Crippen molar-refractivity contribution in [2.75, 3.05) is 13.1 Å². The van der Waals surface area contributed by atoms with Crippen LogP contribution in [-0.2, 0) is 19.6 Å². The van der Waals surface area contributed by atoms with Gasteiger partial charge < -0.3 is 15.7 Å². The highest BCUT2D eigenvalue weighted by Crippen LogP contribution is 2.19. The number of carboxylic acids is 1. The number of urea groups is 1. The summed E-state index contributed by atoms with van der Waals surface area (Å²) in [6.07, 6.45) is 2.55. The molecule has 1 aliphatic heterocycles. The summed E-state index contributed by atoms with van der Waals surface area (Å²) in [7, 11) is 0. The smallest absolute Gasteiger partial charge is 0.335 e. The van der Waals surface area contributed by atoms with Crippen LogP contribution >= 0.6 is 0 Å². The van der Waals surface area contributed by atoms with Crippen LogP contribution in [-0.4, -0.2) is 35.1 Å². The van der Waals surface area contributed by atoms with Gasteiger partial charge in [-0.15, -0.1) is 0 Å². The molecule has 0 aromatic heterocycles. The van der Waals surface area contributed by atoms with Crippen LogP contribution in [0.4, 0.5) is 4.79 Å². The monoisotopic (exact) mass is 395 g/mol. The zero-order valence-electron chi connectivity index (χ0n) is 16.9. The van der Waals surface area contributed by atoms with Crippen LogP contribution in [0.1, 0.15) is 46.8 Å². The summed E-state index contributed by atoms with van der Waals surface area (Å²) in [5.41, 5.74) is 3.47. The number of carboxylic acid groups (broad SMARTS) is 1. The molecular formula is C23H29N3O3. The van der Waals surface area contributed by atoms with Gasteiger partial charge in [-0.05, 0) is 54.1 Å². The highest BCUT2D eigenvalue weighted by molar-refractivity contribution is 5.87. The maximum atomic E-state index is 12.2. The van der Waals surface area contributed by atoms with Crippen molar-refractivity contribution in [3.63, 3.8) is 0 Å². The normalized spacial score (nSPS) is 16.9. The molecule has 1 aliphatic rings. The number of nitrogens with zero attached hydrogens (tertiary/aromatic N) is 1. The van der Waals surface area contributed by atoms with E-state index in [0.29, 0.717) is 13.1 Å². The number of amides is 2. The molecule has 3 rings (SSSR count). The number of hydrogen-bond donors (Lipinski definition) is 3. The number of piperidine rings is 1. The predicted molar refractivity (Wildman–Crippen MR) is 113 cm³/mol. The van der Waals surface area contributed by atoms with E-state index in [-0.39, 0.29) is 11.6 Å². The van der Waals surface area contributed by atoms with E-state index in [1.54, 1.807) is 12.1 Å². The Kier molecular flexibility index (Phi) is 7.25. The van der Waals surface area contributed by atoms with Crippen LogP contribution in [0.3, 0.4) is 0 Å². The lowest BCUT2D eigenvalue weighted by Crippen LogP contribution is -2.36. The van der Waals surface area contributed by atoms with Crippen LogP contribution in [0.2, 0.25) is 0 Å². The number of rotatable bonds is 7. The highest BCUT2D eigenvalue weighted by Gasteiger charge is 2.17. The van der Waals surface area contributed by atoms with Gasteiger partial charge in [0, 0.05) is 26.2 Å². The fourth-order valence-corrected chi connectivity index (χ4v) is 3.74. The van der Waals surface area contributed by atoms with Gasteiger partial charge in [-0.25, -0.2) is 9.59 Å². The van der Waals surface area contributed by atoms with Crippen molar-refractivity contribution in [1.82, 2.24) is 15.5 Å². The Morgan fingerprint density at radius 1 is 1.03 bits per heavy atom. The number of aromatic carboxylic acids is 1. The topological polar surface area (TPSA) is 81.7 Å². The minimum Gasteiger partial charge on any atom is -0.478 e. The third-order valence-corrected chi connectivity index (χ3v) is 5.35. The van der Waals surface area contributed by atoms with Gasteiger partial charge in [0.1, 0.15) is 0 Å². The zero-order chi connectivity index (χ0) is 20.6. The van der Waals surface area contributed by atoms with Crippen molar-refractivity contribution >= 4 is 12.0 Å². The van der Waals surface area contributed by atoms with E-state index in [1.165, 1.54) is 30.5 Å². The van der Waals surface area contributed by atoms with Gasteiger partial charge in [0.15, 0.2) is 0 Å². The van der Waals surface area contributed by atoms with E-state index in [4.69, 9.17) is 5.11 Å². The highest BCUT2D eigenvalue weighted by atomic mass is 16.4.